The zero-order valence-electron chi connectivity index (χ0n) is 11.4. The maximum absolute atomic E-state index is 12.5. The molecule has 108 valence electrons. The number of aryl methyl sites for hydroxylation is 1. The number of carbonyl (C=O) groups excluding carboxylic acids is 1. The summed E-state index contributed by atoms with van der Waals surface area (Å²) in [7, 11) is 1.56. The van der Waals surface area contributed by atoms with Crippen LogP contribution in [0.25, 0.3) is 0 Å². The zero-order valence-corrected chi connectivity index (χ0v) is 11.4. The first-order valence-electron chi connectivity index (χ1n) is 6.77. The van der Waals surface area contributed by atoms with E-state index in [2.05, 4.69) is 10.00 Å². The highest BCUT2D eigenvalue weighted by Gasteiger charge is 2.36. The second kappa shape index (κ2) is 4.86. The molecule has 2 aliphatic heterocycles. The number of amides is 1. The lowest BCUT2D eigenvalue weighted by atomic mass is 10.1. The minimum Gasteiger partial charge on any atom is -0.334 e. The molecule has 2 aliphatic rings. The summed E-state index contributed by atoms with van der Waals surface area (Å²) in [6.07, 6.45) is 3.40. The van der Waals surface area contributed by atoms with Crippen molar-refractivity contribution in [3.63, 3.8) is 0 Å². The highest BCUT2D eigenvalue weighted by Crippen LogP contribution is 2.24. The largest absolute Gasteiger partial charge is 0.334 e. The van der Waals surface area contributed by atoms with E-state index in [1.807, 2.05) is 0 Å². The summed E-state index contributed by atoms with van der Waals surface area (Å²) < 4.78 is 1.29. The molecule has 0 radical (unpaired) electrons. The summed E-state index contributed by atoms with van der Waals surface area (Å²) in [6.45, 7) is 3.22. The van der Waals surface area contributed by atoms with Crippen LogP contribution in [-0.2, 0) is 7.05 Å². The van der Waals surface area contributed by atoms with Crippen LogP contribution in [0.3, 0.4) is 0 Å². The van der Waals surface area contributed by atoms with Gasteiger partial charge in [-0.05, 0) is 19.4 Å². The first-order chi connectivity index (χ1) is 9.58. The second-order valence-electron chi connectivity index (χ2n) is 5.34. The lowest BCUT2D eigenvalue weighted by Gasteiger charge is -2.37. The van der Waals surface area contributed by atoms with Gasteiger partial charge in [-0.1, -0.05) is 0 Å². The van der Waals surface area contributed by atoms with E-state index in [1.165, 1.54) is 11.1 Å². The van der Waals surface area contributed by atoms with Crippen molar-refractivity contribution in [1.29, 1.82) is 0 Å². The Morgan fingerprint density at radius 2 is 2.25 bits per heavy atom. The van der Waals surface area contributed by atoms with E-state index in [1.54, 1.807) is 11.9 Å². The molecular weight excluding hydrogens is 262 g/mol. The Balaban J connectivity index is 1.82. The number of nitrogens with zero attached hydrogens (tertiary/aromatic N) is 5. The average molecular weight is 279 g/mol. The van der Waals surface area contributed by atoms with Crippen molar-refractivity contribution in [2.45, 2.75) is 18.9 Å². The Bertz CT molecular complexity index is 555. The van der Waals surface area contributed by atoms with E-state index >= 15 is 0 Å². The zero-order chi connectivity index (χ0) is 14.3. The molecule has 0 bridgehead atoms. The van der Waals surface area contributed by atoms with Crippen LogP contribution in [-0.4, -0.2) is 62.6 Å². The summed E-state index contributed by atoms with van der Waals surface area (Å²) in [6, 6.07) is 0.403. The van der Waals surface area contributed by atoms with Crippen LogP contribution in [0.2, 0.25) is 0 Å². The van der Waals surface area contributed by atoms with Gasteiger partial charge in [0, 0.05) is 32.7 Å². The fraction of sp³-hybridized carbons (Fsp3) is 0.667. The predicted octanol–water partition coefficient (Wildman–Crippen LogP) is 0.248. The topological polar surface area (TPSA) is 84.5 Å². The van der Waals surface area contributed by atoms with Gasteiger partial charge >= 0.3 is 5.69 Å². The highest BCUT2D eigenvalue weighted by molar-refractivity contribution is 5.96. The third kappa shape index (κ3) is 2.05. The Hall–Kier alpha value is -1.96. The fourth-order valence-electron chi connectivity index (χ4n) is 3.13. The van der Waals surface area contributed by atoms with Gasteiger partial charge in [0.15, 0.2) is 0 Å². The van der Waals surface area contributed by atoms with Gasteiger partial charge in [-0.2, -0.15) is 5.10 Å². The normalized spacial score (nSPS) is 22.9. The fourth-order valence-corrected chi connectivity index (χ4v) is 3.13. The highest BCUT2D eigenvalue weighted by atomic mass is 16.6. The number of aromatic nitrogens is 2. The maximum Gasteiger partial charge on any atom is 0.320 e. The summed E-state index contributed by atoms with van der Waals surface area (Å²) >= 11 is 0. The molecule has 2 fully saturated rings. The molecule has 2 saturated heterocycles. The molecule has 1 amide bonds. The van der Waals surface area contributed by atoms with Gasteiger partial charge in [0.05, 0.1) is 4.92 Å². The van der Waals surface area contributed by atoms with Crippen molar-refractivity contribution in [3.8, 4) is 0 Å². The third-order valence-electron chi connectivity index (χ3n) is 4.19. The predicted molar refractivity (Wildman–Crippen MR) is 70.4 cm³/mol. The number of hydrogen-bond acceptors (Lipinski definition) is 5. The Morgan fingerprint density at radius 3 is 3.00 bits per heavy atom. The minimum atomic E-state index is -0.550. The van der Waals surface area contributed by atoms with E-state index in [0.29, 0.717) is 19.1 Å². The Kier molecular flexibility index (Phi) is 3.17. The molecule has 3 heterocycles. The standard InChI is InChI=1S/C12H17N5O3/c1-14-11(10(7-13-14)17(19)20)12(18)16-6-5-15-4-2-3-9(15)8-16/h7,9H,2-6,8H2,1H3/t9-/m0/s1. The van der Waals surface area contributed by atoms with Gasteiger partial charge < -0.3 is 4.90 Å². The lowest BCUT2D eigenvalue weighted by Crippen LogP contribution is -2.52. The van der Waals surface area contributed by atoms with Crippen LogP contribution in [0.4, 0.5) is 5.69 Å². The summed E-state index contributed by atoms with van der Waals surface area (Å²) in [5.41, 5.74) is -0.146. The molecule has 0 aliphatic carbocycles. The van der Waals surface area contributed by atoms with Crippen molar-refractivity contribution in [2.24, 2.45) is 7.05 Å². The van der Waals surface area contributed by atoms with Crippen molar-refractivity contribution < 1.29 is 9.72 Å². The molecule has 0 saturated carbocycles. The number of rotatable bonds is 2. The van der Waals surface area contributed by atoms with Crippen molar-refractivity contribution in [3.05, 3.63) is 22.0 Å². The lowest BCUT2D eigenvalue weighted by molar-refractivity contribution is -0.385. The summed E-state index contributed by atoms with van der Waals surface area (Å²) in [4.78, 5) is 27.1. The first kappa shape index (κ1) is 13.0. The molecular formula is C12H17N5O3. The van der Waals surface area contributed by atoms with Crippen LogP contribution < -0.4 is 0 Å². The minimum absolute atomic E-state index is 0.0708. The van der Waals surface area contributed by atoms with Gasteiger partial charge in [0.2, 0.25) is 5.69 Å². The SMILES string of the molecule is Cn1ncc([N+](=O)[O-])c1C(=O)N1CCN2CCC[C@H]2C1. The van der Waals surface area contributed by atoms with Gasteiger partial charge in [-0.15, -0.1) is 0 Å². The summed E-state index contributed by atoms with van der Waals surface area (Å²) in [5, 5.41) is 14.8. The molecule has 8 heteroatoms. The number of hydrogen-bond donors (Lipinski definition) is 0. The number of fused-ring (bicyclic) bond motifs is 1. The van der Waals surface area contributed by atoms with E-state index in [9.17, 15) is 14.9 Å². The molecule has 0 N–H and O–H groups in total. The van der Waals surface area contributed by atoms with Gasteiger partial charge in [0.25, 0.3) is 5.91 Å². The van der Waals surface area contributed by atoms with Crippen LogP contribution in [0.1, 0.15) is 23.3 Å². The van der Waals surface area contributed by atoms with E-state index < -0.39 is 4.92 Å². The number of carbonyl (C=O) groups is 1. The summed E-state index contributed by atoms with van der Waals surface area (Å²) in [5.74, 6) is -0.289. The number of piperazine rings is 1. The average Bonchev–Trinajstić information content (AvgIpc) is 3.03. The molecule has 0 spiro atoms. The molecule has 1 aromatic rings. The Labute approximate surface area is 116 Å². The van der Waals surface area contributed by atoms with Gasteiger partial charge in [-0.3, -0.25) is 24.5 Å². The smallest absolute Gasteiger partial charge is 0.320 e. The molecule has 20 heavy (non-hydrogen) atoms. The van der Waals surface area contributed by atoms with Gasteiger partial charge in [0.1, 0.15) is 6.20 Å². The first-order valence-corrected chi connectivity index (χ1v) is 6.77. The van der Waals surface area contributed by atoms with Crippen molar-refractivity contribution in [2.75, 3.05) is 26.2 Å². The monoisotopic (exact) mass is 279 g/mol. The van der Waals surface area contributed by atoms with E-state index in [-0.39, 0.29) is 17.3 Å². The van der Waals surface area contributed by atoms with Crippen LogP contribution >= 0.6 is 0 Å². The van der Waals surface area contributed by atoms with E-state index in [0.717, 1.165) is 25.7 Å². The molecule has 0 unspecified atom stereocenters. The van der Waals surface area contributed by atoms with Crippen LogP contribution in [0.5, 0.6) is 0 Å². The van der Waals surface area contributed by atoms with E-state index in [4.69, 9.17) is 0 Å². The molecule has 0 aromatic carbocycles. The molecule has 3 rings (SSSR count). The van der Waals surface area contributed by atoms with Gasteiger partial charge in [-0.25, -0.2) is 0 Å². The third-order valence-corrected chi connectivity index (χ3v) is 4.19. The molecule has 1 aromatic heterocycles. The van der Waals surface area contributed by atoms with Crippen LogP contribution in [0.15, 0.2) is 6.20 Å². The quantitative estimate of drug-likeness (QED) is 0.572. The van der Waals surface area contributed by atoms with Crippen LogP contribution in [0, 0.1) is 10.1 Å². The van der Waals surface area contributed by atoms with Crippen molar-refractivity contribution in [1.82, 2.24) is 19.6 Å². The second-order valence-corrected chi connectivity index (χ2v) is 5.34. The molecule has 8 nitrogen and oxygen atoms in total. The molecule has 1 atom stereocenters. The maximum atomic E-state index is 12.5. The number of nitro groups is 1. The Morgan fingerprint density at radius 1 is 1.45 bits per heavy atom. The van der Waals surface area contributed by atoms with Crippen molar-refractivity contribution >= 4 is 11.6 Å².